The first-order chi connectivity index (χ1) is 12.5. The van der Waals surface area contributed by atoms with Crippen molar-refractivity contribution in [3.63, 3.8) is 0 Å². The van der Waals surface area contributed by atoms with Gasteiger partial charge in [0.1, 0.15) is 12.3 Å². The Morgan fingerprint density at radius 3 is 2.81 bits per heavy atom. The van der Waals surface area contributed by atoms with E-state index in [9.17, 15) is 9.59 Å². The second-order valence-corrected chi connectivity index (χ2v) is 6.57. The molecular weight excluding hydrogens is 402 g/mol. The number of halogens is 1. The number of ether oxygens (including phenoxy) is 1. The average molecular weight is 424 g/mol. The van der Waals surface area contributed by atoms with Crippen molar-refractivity contribution in [2.45, 2.75) is 20.3 Å². The lowest BCUT2D eigenvalue weighted by molar-refractivity contribution is -0.117. The van der Waals surface area contributed by atoms with Gasteiger partial charge in [0.05, 0.1) is 0 Å². The van der Waals surface area contributed by atoms with Crippen molar-refractivity contribution in [3.05, 3.63) is 46.1 Å². The van der Waals surface area contributed by atoms with Crippen LogP contribution >= 0.6 is 15.9 Å². The zero-order valence-electron chi connectivity index (χ0n) is 14.8. The second-order valence-electron chi connectivity index (χ2n) is 5.66. The van der Waals surface area contributed by atoms with Crippen LogP contribution in [-0.2, 0) is 9.53 Å². The molecule has 1 aromatic carbocycles. The van der Waals surface area contributed by atoms with E-state index < -0.39 is 0 Å². The molecule has 0 unspecified atom stereocenters. The molecule has 7 nitrogen and oxygen atoms in total. The summed E-state index contributed by atoms with van der Waals surface area (Å²) in [5.41, 5.74) is 0.515. The standard InChI is InChI=1S/C18H22BrN3O4/c1-3-25-9-5-8-22(18(24)14-6-4-7-15(19)11-14)12-17(23)20-16-10-13(2)26-21-16/h4,6-7,10-11H,3,5,8-9,12H2,1-2H3,(H,20,21,23). The van der Waals surface area contributed by atoms with E-state index in [1.807, 2.05) is 13.0 Å². The molecule has 0 saturated heterocycles. The number of hydrogen-bond donors (Lipinski definition) is 1. The number of nitrogens with zero attached hydrogens (tertiary/aromatic N) is 2. The molecule has 1 N–H and O–H groups in total. The number of nitrogens with one attached hydrogen (secondary N) is 1. The maximum Gasteiger partial charge on any atom is 0.254 e. The van der Waals surface area contributed by atoms with Gasteiger partial charge >= 0.3 is 0 Å². The first kappa shape index (κ1) is 20.1. The molecule has 1 aromatic heterocycles. The molecule has 0 bridgehead atoms. The van der Waals surface area contributed by atoms with Gasteiger partial charge in [0.2, 0.25) is 5.91 Å². The number of carbonyl (C=O) groups excluding carboxylic acids is 2. The predicted molar refractivity (Wildman–Crippen MR) is 101 cm³/mol. The van der Waals surface area contributed by atoms with Gasteiger partial charge in [-0.15, -0.1) is 0 Å². The van der Waals surface area contributed by atoms with Crippen LogP contribution in [0.25, 0.3) is 0 Å². The van der Waals surface area contributed by atoms with Gasteiger partial charge in [0.15, 0.2) is 5.82 Å². The van der Waals surface area contributed by atoms with Crippen LogP contribution in [-0.4, -0.2) is 48.2 Å². The number of benzene rings is 1. The van der Waals surface area contributed by atoms with Gasteiger partial charge in [-0.05, 0) is 38.5 Å². The molecule has 2 rings (SSSR count). The summed E-state index contributed by atoms with van der Waals surface area (Å²) in [5.74, 6) is 0.378. The van der Waals surface area contributed by atoms with E-state index in [-0.39, 0.29) is 18.4 Å². The lowest BCUT2D eigenvalue weighted by Gasteiger charge is -2.22. The molecule has 2 aromatic rings. The minimum Gasteiger partial charge on any atom is -0.382 e. The fourth-order valence-corrected chi connectivity index (χ4v) is 2.74. The Morgan fingerprint density at radius 1 is 1.35 bits per heavy atom. The van der Waals surface area contributed by atoms with Gasteiger partial charge in [-0.25, -0.2) is 0 Å². The van der Waals surface area contributed by atoms with Crippen LogP contribution < -0.4 is 5.32 Å². The van der Waals surface area contributed by atoms with Crippen LogP contribution in [0.3, 0.4) is 0 Å². The quantitative estimate of drug-likeness (QED) is 0.625. The summed E-state index contributed by atoms with van der Waals surface area (Å²) >= 11 is 3.36. The fraction of sp³-hybridized carbons (Fsp3) is 0.389. The highest BCUT2D eigenvalue weighted by molar-refractivity contribution is 9.10. The summed E-state index contributed by atoms with van der Waals surface area (Å²) in [6.45, 7) is 5.13. The molecule has 0 fully saturated rings. The van der Waals surface area contributed by atoms with Gasteiger partial charge in [0, 0.05) is 35.9 Å². The lowest BCUT2D eigenvalue weighted by Crippen LogP contribution is -2.39. The topological polar surface area (TPSA) is 84.7 Å². The summed E-state index contributed by atoms with van der Waals surface area (Å²) in [6.07, 6.45) is 0.643. The van der Waals surface area contributed by atoms with E-state index in [1.54, 1.807) is 31.2 Å². The van der Waals surface area contributed by atoms with Crippen LogP contribution in [0.4, 0.5) is 5.82 Å². The molecule has 0 radical (unpaired) electrons. The fourth-order valence-electron chi connectivity index (χ4n) is 2.34. The minimum atomic E-state index is -0.335. The van der Waals surface area contributed by atoms with Crippen molar-refractivity contribution in [2.24, 2.45) is 0 Å². The van der Waals surface area contributed by atoms with Crippen LogP contribution in [0.15, 0.2) is 39.3 Å². The molecule has 0 saturated carbocycles. The highest BCUT2D eigenvalue weighted by Gasteiger charge is 2.19. The molecule has 140 valence electrons. The lowest BCUT2D eigenvalue weighted by atomic mass is 10.2. The van der Waals surface area contributed by atoms with Gasteiger partial charge < -0.3 is 19.5 Å². The van der Waals surface area contributed by atoms with Crippen molar-refractivity contribution in [3.8, 4) is 0 Å². The first-order valence-corrected chi connectivity index (χ1v) is 9.14. The van der Waals surface area contributed by atoms with Crippen molar-refractivity contribution in [1.82, 2.24) is 10.1 Å². The molecule has 1 heterocycles. The van der Waals surface area contributed by atoms with Crippen LogP contribution in [0, 0.1) is 6.92 Å². The predicted octanol–water partition coefficient (Wildman–Crippen LogP) is 3.25. The van der Waals surface area contributed by atoms with Gasteiger partial charge in [-0.1, -0.05) is 27.2 Å². The van der Waals surface area contributed by atoms with E-state index in [0.29, 0.717) is 43.3 Å². The minimum absolute atomic E-state index is 0.0800. The smallest absolute Gasteiger partial charge is 0.254 e. The Morgan fingerprint density at radius 2 is 2.15 bits per heavy atom. The molecule has 8 heteroatoms. The van der Waals surface area contributed by atoms with E-state index in [2.05, 4.69) is 26.4 Å². The highest BCUT2D eigenvalue weighted by atomic mass is 79.9. The number of carbonyl (C=O) groups is 2. The molecule has 0 atom stereocenters. The van der Waals surface area contributed by atoms with Crippen LogP contribution in [0.5, 0.6) is 0 Å². The summed E-state index contributed by atoms with van der Waals surface area (Å²) in [4.78, 5) is 26.6. The summed E-state index contributed by atoms with van der Waals surface area (Å²) in [5, 5.41) is 6.36. The Kier molecular flexibility index (Phi) is 7.80. The highest BCUT2D eigenvalue weighted by Crippen LogP contribution is 2.14. The largest absolute Gasteiger partial charge is 0.382 e. The SMILES string of the molecule is CCOCCCN(CC(=O)Nc1cc(C)on1)C(=O)c1cccc(Br)c1. The Labute approximate surface area is 160 Å². The number of anilines is 1. The van der Waals surface area contributed by atoms with E-state index in [4.69, 9.17) is 9.26 Å². The molecule has 2 amide bonds. The van der Waals surface area contributed by atoms with E-state index in [1.165, 1.54) is 4.90 Å². The Hall–Kier alpha value is -2.19. The summed E-state index contributed by atoms with van der Waals surface area (Å²) in [6, 6.07) is 8.70. The van der Waals surface area contributed by atoms with Crippen molar-refractivity contribution in [1.29, 1.82) is 0 Å². The molecule has 0 aliphatic carbocycles. The normalized spacial score (nSPS) is 10.6. The molecule has 0 aliphatic heterocycles. The number of rotatable bonds is 9. The van der Waals surface area contributed by atoms with Gasteiger partial charge in [0.25, 0.3) is 5.91 Å². The second kappa shape index (κ2) is 10.1. The third-order valence-corrected chi connectivity index (χ3v) is 4.00. The Bertz CT molecular complexity index is 748. The summed E-state index contributed by atoms with van der Waals surface area (Å²) in [7, 11) is 0. The summed E-state index contributed by atoms with van der Waals surface area (Å²) < 4.78 is 11.1. The van der Waals surface area contributed by atoms with Crippen LogP contribution in [0.1, 0.15) is 29.5 Å². The third kappa shape index (κ3) is 6.27. The molecule has 26 heavy (non-hydrogen) atoms. The zero-order valence-corrected chi connectivity index (χ0v) is 16.4. The van der Waals surface area contributed by atoms with E-state index >= 15 is 0 Å². The first-order valence-electron chi connectivity index (χ1n) is 8.35. The number of amides is 2. The van der Waals surface area contributed by atoms with Gasteiger partial charge in [-0.3, -0.25) is 9.59 Å². The van der Waals surface area contributed by atoms with Crippen LogP contribution in [0.2, 0.25) is 0 Å². The van der Waals surface area contributed by atoms with Crippen molar-refractivity contribution in [2.75, 3.05) is 31.6 Å². The van der Waals surface area contributed by atoms with Crippen molar-refractivity contribution >= 4 is 33.6 Å². The third-order valence-electron chi connectivity index (χ3n) is 3.51. The van der Waals surface area contributed by atoms with Crippen molar-refractivity contribution < 1.29 is 18.8 Å². The Balaban J connectivity index is 2.04. The number of hydrogen-bond acceptors (Lipinski definition) is 5. The maximum atomic E-state index is 12.8. The van der Waals surface area contributed by atoms with Gasteiger partial charge in [-0.2, -0.15) is 0 Å². The maximum absolute atomic E-state index is 12.8. The average Bonchev–Trinajstić information content (AvgIpc) is 3.01. The molecule has 0 spiro atoms. The monoisotopic (exact) mass is 423 g/mol. The molecular formula is C18H22BrN3O4. The zero-order chi connectivity index (χ0) is 18.9. The number of aromatic nitrogens is 1. The number of aryl methyl sites for hydroxylation is 1. The van der Waals surface area contributed by atoms with E-state index in [0.717, 1.165) is 4.47 Å². The molecule has 0 aliphatic rings.